The Morgan fingerprint density at radius 1 is 1.20 bits per heavy atom. The van der Waals surface area contributed by atoms with Crippen LogP contribution in [0.2, 0.25) is 0 Å². The quantitative estimate of drug-likeness (QED) is 0.602. The molecule has 1 aliphatic heterocycles. The van der Waals surface area contributed by atoms with Crippen molar-refractivity contribution in [1.82, 2.24) is 0 Å². The average Bonchev–Trinajstić information content (AvgIpc) is 3.01. The van der Waals surface area contributed by atoms with Gasteiger partial charge in [0.25, 0.3) is 5.91 Å². The zero-order valence-electron chi connectivity index (χ0n) is 10.7. The minimum atomic E-state index is -0.0392. The molecule has 2 heterocycles. The fraction of sp³-hybridized carbons (Fsp3) is 0.0667. The van der Waals surface area contributed by atoms with Crippen molar-refractivity contribution in [1.29, 1.82) is 0 Å². The highest BCUT2D eigenvalue weighted by Gasteiger charge is 2.33. The van der Waals surface area contributed by atoms with Gasteiger partial charge in [-0.1, -0.05) is 48.2 Å². The van der Waals surface area contributed by atoms with Crippen molar-refractivity contribution >= 4 is 57.3 Å². The van der Waals surface area contributed by atoms with Crippen molar-refractivity contribution in [2.24, 2.45) is 0 Å². The van der Waals surface area contributed by atoms with Gasteiger partial charge in [0.1, 0.15) is 0 Å². The van der Waals surface area contributed by atoms with E-state index in [2.05, 4.69) is 0 Å². The summed E-state index contributed by atoms with van der Waals surface area (Å²) in [5.74, 6) is -0.0392. The van der Waals surface area contributed by atoms with Crippen molar-refractivity contribution in [3.8, 4) is 0 Å². The van der Waals surface area contributed by atoms with Gasteiger partial charge in [0.2, 0.25) is 0 Å². The lowest BCUT2D eigenvalue weighted by Crippen LogP contribution is -2.28. The third-order valence-electron chi connectivity index (χ3n) is 2.97. The molecule has 1 fully saturated rings. The van der Waals surface area contributed by atoms with Crippen molar-refractivity contribution in [2.75, 3.05) is 4.90 Å². The van der Waals surface area contributed by atoms with Gasteiger partial charge in [0.15, 0.2) is 4.32 Å². The van der Waals surface area contributed by atoms with Crippen LogP contribution >= 0.6 is 35.3 Å². The van der Waals surface area contributed by atoms with E-state index in [4.69, 9.17) is 12.2 Å². The van der Waals surface area contributed by atoms with E-state index in [1.54, 1.807) is 16.2 Å². The summed E-state index contributed by atoms with van der Waals surface area (Å²) in [4.78, 5) is 15.9. The number of amides is 1. The van der Waals surface area contributed by atoms with Gasteiger partial charge in [0.05, 0.1) is 10.6 Å². The Bertz CT molecular complexity index is 704. The maximum absolute atomic E-state index is 12.5. The van der Waals surface area contributed by atoms with Crippen molar-refractivity contribution in [3.63, 3.8) is 0 Å². The summed E-state index contributed by atoms with van der Waals surface area (Å²) in [7, 11) is 0. The minimum Gasteiger partial charge on any atom is -0.268 e. The second-order valence-corrected chi connectivity index (χ2v) is 6.97. The van der Waals surface area contributed by atoms with E-state index >= 15 is 0 Å². The zero-order valence-corrected chi connectivity index (χ0v) is 13.1. The van der Waals surface area contributed by atoms with E-state index in [1.807, 2.05) is 54.8 Å². The summed E-state index contributed by atoms with van der Waals surface area (Å²) in [5, 5.41) is 1.99. The molecule has 0 bridgehead atoms. The summed E-state index contributed by atoms with van der Waals surface area (Å²) >= 11 is 8.33. The van der Waals surface area contributed by atoms with E-state index < -0.39 is 0 Å². The Balaban J connectivity index is 1.98. The molecule has 1 amide bonds. The van der Waals surface area contributed by atoms with Gasteiger partial charge in [-0.25, -0.2) is 0 Å². The summed E-state index contributed by atoms with van der Waals surface area (Å²) < 4.78 is 0.590. The number of thioether (sulfide) groups is 1. The standard InChI is InChI=1S/C15H11NOS3/c1-10-5-2-3-7-12(10)16-14(17)13(20-15(16)18)9-11-6-4-8-19-11/h2-9H,1H3/b13-9+. The molecule has 0 saturated carbocycles. The number of benzene rings is 1. The van der Waals surface area contributed by atoms with Crippen LogP contribution in [-0.2, 0) is 4.79 Å². The second kappa shape index (κ2) is 5.52. The summed E-state index contributed by atoms with van der Waals surface area (Å²) in [6.07, 6.45) is 1.90. The van der Waals surface area contributed by atoms with Crippen molar-refractivity contribution in [3.05, 3.63) is 57.1 Å². The predicted octanol–water partition coefficient (Wildman–Crippen LogP) is 4.46. The van der Waals surface area contributed by atoms with Gasteiger partial charge < -0.3 is 0 Å². The van der Waals surface area contributed by atoms with Crippen LogP contribution in [-0.4, -0.2) is 10.2 Å². The highest BCUT2D eigenvalue weighted by molar-refractivity contribution is 8.27. The number of anilines is 1. The Hall–Kier alpha value is -1.43. The highest BCUT2D eigenvalue weighted by atomic mass is 32.2. The highest BCUT2D eigenvalue weighted by Crippen LogP contribution is 2.37. The molecule has 0 radical (unpaired) electrons. The molecule has 1 aromatic carbocycles. The smallest absolute Gasteiger partial charge is 0.268 e. The molecule has 0 spiro atoms. The number of thiocarbonyl (C=S) groups is 1. The number of hydrogen-bond donors (Lipinski definition) is 0. The molecule has 0 atom stereocenters. The molecule has 3 rings (SSSR count). The fourth-order valence-corrected chi connectivity index (χ4v) is 4.00. The fourth-order valence-electron chi connectivity index (χ4n) is 1.99. The Labute approximate surface area is 131 Å². The van der Waals surface area contributed by atoms with E-state index in [1.165, 1.54) is 11.8 Å². The molecule has 0 aliphatic carbocycles. The van der Waals surface area contributed by atoms with Gasteiger partial charge in [-0.3, -0.25) is 9.69 Å². The van der Waals surface area contributed by atoms with Crippen LogP contribution in [0.15, 0.2) is 46.7 Å². The van der Waals surface area contributed by atoms with Crippen LogP contribution in [0.3, 0.4) is 0 Å². The number of nitrogens with zero attached hydrogens (tertiary/aromatic N) is 1. The summed E-state index contributed by atoms with van der Waals surface area (Å²) in [5.41, 5.74) is 1.91. The van der Waals surface area contributed by atoms with Crippen LogP contribution in [0.25, 0.3) is 6.08 Å². The molecule has 1 aliphatic rings. The van der Waals surface area contributed by atoms with Gasteiger partial charge in [0, 0.05) is 4.88 Å². The molecule has 2 aromatic rings. The Morgan fingerprint density at radius 3 is 2.70 bits per heavy atom. The first-order valence-corrected chi connectivity index (χ1v) is 8.14. The molecule has 5 heteroatoms. The molecule has 100 valence electrons. The average molecular weight is 317 g/mol. The van der Waals surface area contributed by atoms with Gasteiger partial charge in [-0.05, 0) is 36.1 Å². The predicted molar refractivity (Wildman–Crippen MR) is 91.2 cm³/mol. The molecule has 0 unspecified atom stereocenters. The maximum atomic E-state index is 12.5. The summed E-state index contributed by atoms with van der Waals surface area (Å²) in [6, 6.07) is 11.7. The topological polar surface area (TPSA) is 20.3 Å². The zero-order chi connectivity index (χ0) is 14.1. The Kier molecular flexibility index (Phi) is 3.74. The van der Waals surface area contributed by atoms with E-state index in [0.717, 1.165) is 16.1 Å². The molecule has 1 saturated heterocycles. The lowest BCUT2D eigenvalue weighted by Gasteiger charge is -2.16. The Morgan fingerprint density at radius 2 is 2.00 bits per heavy atom. The molecule has 20 heavy (non-hydrogen) atoms. The van der Waals surface area contributed by atoms with Crippen molar-refractivity contribution in [2.45, 2.75) is 6.92 Å². The minimum absolute atomic E-state index is 0.0392. The monoisotopic (exact) mass is 317 g/mol. The molecule has 0 N–H and O–H groups in total. The first-order valence-electron chi connectivity index (χ1n) is 6.04. The number of thiophene rings is 1. The van der Waals surface area contributed by atoms with E-state index in [0.29, 0.717) is 9.23 Å². The van der Waals surface area contributed by atoms with Crippen molar-refractivity contribution < 1.29 is 4.79 Å². The first-order chi connectivity index (χ1) is 9.66. The van der Waals surface area contributed by atoms with Gasteiger partial charge >= 0.3 is 0 Å². The second-order valence-electron chi connectivity index (χ2n) is 4.32. The largest absolute Gasteiger partial charge is 0.270 e. The number of aryl methyl sites for hydroxylation is 1. The number of carbonyl (C=O) groups is 1. The van der Waals surface area contributed by atoms with Crippen LogP contribution in [0.4, 0.5) is 5.69 Å². The van der Waals surface area contributed by atoms with Crippen LogP contribution in [0, 0.1) is 6.92 Å². The number of para-hydroxylation sites is 1. The number of rotatable bonds is 2. The first kappa shape index (κ1) is 13.5. The SMILES string of the molecule is Cc1ccccc1N1C(=O)/C(=C\c2cccs2)SC1=S. The third-order valence-corrected chi connectivity index (χ3v) is 5.09. The third kappa shape index (κ3) is 2.44. The van der Waals surface area contributed by atoms with Crippen LogP contribution in [0.5, 0.6) is 0 Å². The maximum Gasteiger partial charge on any atom is 0.270 e. The normalized spacial score (nSPS) is 17.2. The molecule has 2 nitrogen and oxygen atoms in total. The molecule has 1 aromatic heterocycles. The molecular weight excluding hydrogens is 306 g/mol. The van der Waals surface area contributed by atoms with Gasteiger partial charge in [-0.15, -0.1) is 11.3 Å². The lowest BCUT2D eigenvalue weighted by atomic mass is 10.2. The number of carbonyl (C=O) groups excluding carboxylic acids is 1. The van der Waals surface area contributed by atoms with E-state index in [-0.39, 0.29) is 5.91 Å². The molecular formula is C15H11NOS3. The van der Waals surface area contributed by atoms with Crippen LogP contribution < -0.4 is 4.90 Å². The van der Waals surface area contributed by atoms with Crippen LogP contribution in [0.1, 0.15) is 10.4 Å². The van der Waals surface area contributed by atoms with E-state index in [9.17, 15) is 4.79 Å². The lowest BCUT2D eigenvalue weighted by molar-refractivity contribution is -0.113. The number of hydrogen-bond acceptors (Lipinski definition) is 4. The summed E-state index contributed by atoms with van der Waals surface area (Å²) in [6.45, 7) is 1.98. The van der Waals surface area contributed by atoms with Gasteiger partial charge in [-0.2, -0.15) is 0 Å².